The predicted molar refractivity (Wildman–Crippen MR) is 45.0 cm³/mol. The summed E-state index contributed by atoms with van der Waals surface area (Å²) in [7, 11) is 0. The van der Waals surface area contributed by atoms with Crippen molar-refractivity contribution in [2.24, 2.45) is 0 Å². The number of rotatable bonds is 2. The van der Waals surface area contributed by atoms with Crippen molar-refractivity contribution < 1.29 is 4.74 Å². The molecular weight excluding hydrogens is 170 g/mol. The number of H-pyrrole nitrogens is 1. The molecule has 0 aromatic carbocycles. The quantitative estimate of drug-likeness (QED) is 0.675. The summed E-state index contributed by atoms with van der Waals surface area (Å²) in [6, 6.07) is 0. The van der Waals surface area contributed by atoms with Gasteiger partial charge in [-0.1, -0.05) is 12.1 Å². The van der Waals surface area contributed by atoms with Gasteiger partial charge in [-0.25, -0.2) is 0 Å². The van der Waals surface area contributed by atoms with Crippen LogP contribution in [0.15, 0.2) is 0 Å². The highest BCUT2D eigenvalue weighted by Gasteiger charge is 2.23. The molecule has 0 bridgehead atoms. The third-order valence-corrected chi connectivity index (χ3v) is 2.25. The zero-order valence-electron chi connectivity index (χ0n) is 7.60. The lowest BCUT2D eigenvalue weighted by molar-refractivity contribution is -0.0325. The first kappa shape index (κ1) is 8.58. The largest absolute Gasteiger partial charge is 0.367 e. The fraction of sp³-hybridized carbons (Fsp3) is 0.857. The Morgan fingerprint density at radius 3 is 3.31 bits per heavy atom. The molecule has 1 N–H and O–H groups in total. The van der Waals surface area contributed by atoms with E-state index >= 15 is 0 Å². The third-order valence-electron chi connectivity index (χ3n) is 2.25. The second-order valence-electron chi connectivity index (χ2n) is 3.02. The minimum absolute atomic E-state index is 0.0209. The van der Waals surface area contributed by atoms with E-state index in [0.717, 1.165) is 26.2 Å². The molecule has 0 spiro atoms. The number of tetrazole rings is 1. The lowest BCUT2D eigenvalue weighted by atomic mass is 10.2. The lowest BCUT2D eigenvalue weighted by Gasteiger charge is -2.30. The van der Waals surface area contributed by atoms with Gasteiger partial charge in [0.1, 0.15) is 6.10 Å². The molecule has 1 aliphatic heterocycles. The second kappa shape index (κ2) is 3.80. The van der Waals surface area contributed by atoms with Gasteiger partial charge in [-0.05, 0) is 6.54 Å². The molecule has 13 heavy (non-hydrogen) atoms. The van der Waals surface area contributed by atoms with Gasteiger partial charge < -0.3 is 4.74 Å². The van der Waals surface area contributed by atoms with Crippen molar-refractivity contribution in [2.45, 2.75) is 13.0 Å². The molecule has 1 unspecified atom stereocenters. The summed E-state index contributed by atoms with van der Waals surface area (Å²) >= 11 is 0. The highest BCUT2D eigenvalue weighted by molar-refractivity contribution is 4.88. The van der Waals surface area contributed by atoms with Gasteiger partial charge in [0.2, 0.25) is 5.82 Å². The van der Waals surface area contributed by atoms with Crippen LogP contribution in [0, 0.1) is 0 Å². The van der Waals surface area contributed by atoms with E-state index < -0.39 is 0 Å². The molecule has 1 aliphatic rings. The summed E-state index contributed by atoms with van der Waals surface area (Å²) in [5.74, 6) is 0.651. The van der Waals surface area contributed by atoms with E-state index in [4.69, 9.17) is 4.74 Å². The summed E-state index contributed by atoms with van der Waals surface area (Å²) in [6.45, 7) is 5.77. The van der Waals surface area contributed by atoms with E-state index in [0.29, 0.717) is 5.82 Å². The average Bonchev–Trinajstić information content (AvgIpc) is 2.71. The molecular formula is C7H13N5O. The van der Waals surface area contributed by atoms with Crippen molar-refractivity contribution in [3.8, 4) is 0 Å². The highest BCUT2D eigenvalue weighted by Crippen LogP contribution is 2.17. The number of morpholine rings is 1. The zero-order valence-corrected chi connectivity index (χ0v) is 7.60. The van der Waals surface area contributed by atoms with E-state index in [1.807, 2.05) is 0 Å². The van der Waals surface area contributed by atoms with Crippen LogP contribution in [-0.2, 0) is 4.74 Å². The summed E-state index contributed by atoms with van der Waals surface area (Å²) in [5.41, 5.74) is 0. The molecule has 1 atom stereocenters. The highest BCUT2D eigenvalue weighted by atomic mass is 16.5. The monoisotopic (exact) mass is 183 g/mol. The molecule has 0 aliphatic carbocycles. The number of nitrogens with zero attached hydrogens (tertiary/aromatic N) is 4. The van der Waals surface area contributed by atoms with Gasteiger partial charge in [0.15, 0.2) is 0 Å². The van der Waals surface area contributed by atoms with Crippen LogP contribution in [0.5, 0.6) is 0 Å². The van der Waals surface area contributed by atoms with E-state index in [2.05, 4.69) is 32.4 Å². The molecule has 6 heteroatoms. The van der Waals surface area contributed by atoms with Gasteiger partial charge in [-0.2, -0.15) is 5.21 Å². The van der Waals surface area contributed by atoms with Gasteiger partial charge >= 0.3 is 0 Å². The summed E-state index contributed by atoms with van der Waals surface area (Å²) in [4.78, 5) is 2.31. The number of hydrogen-bond donors (Lipinski definition) is 1. The maximum atomic E-state index is 5.53. The first-order valence-electron chi connectivity index (χ1n) is 4.47. The van der Waals surface area contributed by atoms with Crippen LogP contribution in [0.3, 0.4) is 0 Å². The van der Waals surface area contributed by atoms with Gasteiger partial charge in [0.25, 0.3) is 0 Å². The Labute approximate surface area is 76.3 Å². The van der Waals surface area contributed by atoms with E-state index in [9.17, 15) is 0 Å². The number of aromatic amines is 1. The Bertz CT molecular complexity index is 249. The number of ether oxygens (including phenoxy) is 1. The lowest BCUT2D eigenvalue weighted by Crippen LogP contribution is -2.38. The van der Waals surface area contributed by atoms with Crippen LogP contribution in [0.1, 0.15) is 18.9 Å². The molecule has 72 valence electrons. The summed E-state index contributed by atoms with van der Waals surface area (Å²) < 4.78 is 5.53. The van der Waals surface area contributed by atoms with Crippen LogP contribution >= 0.6 is 0 Å². The molecule has 6 nitrogen and oxygen atoms in total. The number of nitrogens with one attached hydrogen (secondary N) is 1. The molecule has 1 aromatic rings. The summed E-state index contributed by atoms with van der Waals surface area (Å²) in [5, 5.41) is 13.8. The average molecular weight is 183 g/mol. The fourth-order valence-corrected chi connectivity index (χ4v) is 1.45. The molecule has 1 fully saturated rings. The number of aromatic nitrogens is 4. The smallest absolute Gasteiger partial charge is 0.204 e. The topological polar surface area (TPSA) is 66.9 Å². The number of likely N-dealkylation sites (N-methyl/N-ethyl adjacent to an activating group) is 1. The van der Waals surface area contributed by atoms with Gasteiger partial charge in [0, 0.05) is 13.1 Å². The van der Waals surface area contributed by atoms with Gasteiger partial charge in [0.05, 0.1) is 6.61 Å². The van der Waals surface area contributed by atoms with Crippen molar-refractivity contribution in [1.82, 2.24) is 25.5 Å². The van der Waals surface area contributed by atoms with Crippen molar-refractivity contribution in [2.75, 3.05) is 26.2 Å². The van der Waals surface area contributed by atoms with Crippen LogP contribution < -0.4 is 0 Å². The second-order valence-corrected chi connectivity index (χ2v) is 3.02. The van der Waals surface area contributed by atoms with Gasteiger partial charge in [-0.3, -0.25) is 4.90 Å². The van der Waals surface area contributed by atoms with Gasteiger partial charge in [-0.15, -0.1) is 10.2 Å². The SMILES string of the molecule is CCN1CCOC(c2nn[nH]n2)C1. The number of hydrogen-bond acceptors (Lipinski definition) is 5. The van der Waals surface area contributed by atoms with Crippen molar-refractivity contribution in [3.63, 3.8) is 0 Å². The fourth-order valence-electron chi connectivity index (χ4n) is 1.45. The Morgan fingerprint density at radius 2 is 2.62 bits per heavy atom. The molecule has 2 rings (SSSR count). The van der Waals surface area contributed by atoms with Crippen LogP contribution in [0.4, 0.5) is 0 Å². The van der Waals surface area contributed by atoms with Crippen LogP contribution in [0.2, 0.25) is 0 Å². The van der Waals surface area contributed by atoms with E-state index in [-0.39, 0.29) is 6.10 Å². The first-order chi connectivity index (χ1) is 6.40. The molecule has 1 saturated heterocycles. The minimum Gasteiger partial charge on any atom is -0.367 e. The Balaban J connectivity index is 2.00. The summed E-state index contributed by atoms with van der Waals surface area (Å²) in [6.07, 6.45) is -0.0209. The van der Waals surface area contributed by atoms with Crippen molar-refractivity contribution in [3.05, 3.63) is 5.82 Å². The van der Waals surface area contributed by atoms with Crippen LogP contribution in [-0.4, -0.2) is 51.8 Å². The Kier molecular flexibility index (Phi) is 2.51. The van der Waals surface area contributed by atoms with Crippen molar-refractivity contribution >= 4 is 0 Å². The molecule has 0 saturated carbocycles. The molecule has 2 heterocycles. The first-order valence-corrected chi connectivity index (χ1v) is 4.47. The third kappa shape index (κ3) is 1.84. The van der Waals surface area contributed by atoms with E-state index in [1.165, 1.54) is 0 Å². The molecule has 0 radical (unpaired) electrons. The predicted octanol–water partition coefficient (Wildman–Crippen LogP) is -0.407. The van der Waals surface area contributed by atoms with Crippen LogP contribution in [0.25, 0.3) is 0 Å². The minimum atomic E-state index is -0.0209. The maximum Gasteiger partial charge on any atom is 0.204 e. The van der Waals surface area contributed by atoms with Crippen molar-refractivity contribution in [1.29, 1.82) is 0 Å². The standard InChI is InChI=1S/C7H13N5O/c1-2-12-3-4-13-6(5-12)7-8-10-11-9-7/h6H,2-5H2,1H3,(H,8,9,10,11). The van der Waals surface area contributed by atoms with E-state index in [1.54, 1.807) is 0 Å². The normalized spacial score (nSPS) is 24.8. The maximum absolute atomic E-state index is 5.53. The Hall–Kier alpha value is -1.01. The molecule has 0 amide bonds. The molecule has 1 aromatic heterocycles. The zero-order chi connectivity index (χ0) is 9.10. The Morgan fingerprint density at radius 1 is 1.69 bits per heavy atom.